The van der Waals surface area contributed by atoms with Gasteiger partial charge in [-0.25, -0.2) is 0 Å². The van der Waals surface area contributed by atoms with Crippen LogP contribution in [0.2, 0.25) is 5.02 Å². The van der Waals surface area contributed by atoms with Crippen LogP contribution < -0.4 is 4.74 Å². The molecule has 0 bridgehead atoms. The second-order valence-corrected chi connectivity index (χ2v) is 4.10. The number of aliphatic hydroxyl groups excluding tert-OH is 1. The molecule has 1 aliphatic heterocycles. The molecule has 1 aliphatic rings. The highest BCUT2D eigenvalue weighted by atomic mass is 35.5. The van der Waals surface area contributed by atoms with E-state index in [1.807, 2.05) is 30.3 Å². The van der Waals surface area contributed by atoms with Crippen molar-refractivity contribution in [2.75, 3.05) is 0 Å². The van der Waals surface area contributed by atoms with Crippen molar-refractivity contribution in [2.24, 2.45) is 0 Å². The average molecular weight is 233 g/mol. The van der Waals surface area contributed by atoms with E-state index in [-0.39, 0.29) is 0 Å². The van der Waals surface area contributed by atoms with E-state index in [9.17, 15) is 5.11 Å². The molecule has 0 saturated carbocycles. The zero-order valence-electron chi connectivity index (χ0n) is 8.35. The van der Waals surface area contributed by atoms with E-state index in [4.69, 9.17) is 16.3 Å². The molecule has 3 heteroatoms. The molecule has 80 valence electrons. The summed E-state index contributed by atoms with van der Waals surface area (Å²) < 4.78 is 5.68. The van der Waals surface area contributed by atoms with Crippen molar-refractivity contribution in [2.45, 2.75) is 6.10 Å². The first-order valence-corrected chi connectivity index (χ1v) is 5.38. The molecule has 1 atom stereocenters. The van der Waals surface area contributed by atoms with Gasteiger partial charge in [0.2, 0.25) is 0 Å². The number of para-hydroxylation sites is 1. The Labute approximate surface area is 98.1 Å². The Morgan fingerprint density at radius 1 is 1.00 bits per heavy atom. The Morgan fingerprint density at radius 2 is 1.75 bits per heavy atom. The first-order chi connectivity index (χ1) is 7.77. The smallest absolute Gasteiger partial charge is 0.135 e. The van der Waals surface area contributed by atoms with Crippen molar-refractivity contribution >= 4 is 11.6 Å². The van der Waals surface area contributed by atoms with Crippen LogP contribution in [0.1, 0.15) is 17.2 Å². The van der Waals surface area contributed by atoms with Crippen LogP contribution in [-0.4, -0.2) is 5.11 Å². The van der Waals surface area contributed by atoms with Crippen LogP contribution in [0.4, 0.5) is 0 Å². The van der Waals surface area contributed by atoms with Crippen molar-refractivity contribution < 1.29 is 9.84 Å². The number of hydrogen-bond donors (Lipinski definition) is 1. The number of benzene rings is 2. The van der Waals surface area contributed by atoms with Gasteiger partial charge < -0.3 is 9.84 Å². The Bertz CT molecular complexity index is 551. The molecule has 2 aromatic carbocycles. The average Bonchev–Trinajstić information content (AvgIpc) is 2.29. The van der Waals surface area contributed by atoms with Crippen molar-refractivity contribution in [1.82, 2.24) is 0 Å². The summed E-state index contributed by atoms with van der Waals surface area (Å²) in [6.07, 6.45) is -0.714. The lowest BCUT2D eigenvalue weighted by molar-refractivity contribution is 0.203. The van der Waals surface area contributed by atoms with E-state index in [1.165, 1.54) is 0 Å². The van der Waals surface area contributed by atoms with E-state index in [1.54, 1.807) is 12.1 Å². The minimum atomic E-state index is -0.714. The molecule has 1 unspecified atom stereocenters. The van der Waals surface area contributed by atoms with Crippen LogP contribution >= 0.6 is 11.6 Å². The Balaban J connectivity index is 2.23. The van der Waals surface area contributed by atoms with Crippen LogP contribution in [-0.2, 0) is 0 Å². The molecule has 0 amide bonds. The summed E-state index contributed by atoms with van der Waals surface area (Å²) >= 11 is 6.06. The molecule has 1 heterocycles. The largest absolute Gasteiger partial charge is 0.457 e. The fourth-order valence-electron chi connectivity index (χ4n) is 1.94. The van der Waals surface area contributed by atoms with Gasteiger partial charge in [0.1, 0.15) is 17.6 Å². The molecule has 0 spiro atoms. The van der Waals surface area contributed by atoms with Crippen molar-refractivity contribution in [3.05, 3.63) is 58.6 Å². The van der Waals surface area contributed by atoms with Gasteiger partial charge in [-0.1, -0.05) is 35.9 Å². The Kier molecular flexibility index (Phi) is 2.13. The minimum absolute atomic E-state index is 0.527. The summed E-state index contributed by atoms with van der Waals surface area (Å²) in [4.78, 5) is 0. The summed E-state index contributed by atoms with van der Waals surface area (Å²) in [5, 5.41) is 10.8. The highest BCUT2D eigenvalue weighted by Gasteiger charge is 2.26. The number of halogens is 1. The molecular weight excluding hydrogens is 224 g/mol. The Morgan fingerprint density at radius 3 is 2.62 bits per heavy atom. The zero-order valence-corrected chi connectivity index (χ0v) is 9.11. The lowest BCUT2D eigenvalue weighted by atomic mass is 9.97. The highest BCUT2D eigenvalue weighted by Crippen LogP contribution is 2.45. The zero-order chi connectivity index (χ0) is 11.1. The molecule has 0 aliphatic carbocycles. The summed E-state index contributed by atoms with van der Waals surface area (Å²) in [5.41, 5.74) is 1.39. The quantitative estimate of drug-likeness (QED) is 0.753. The Hall–Kier alpha value is -1.51. The molecule has 0 saturated heterocycles. The first kappa shape index (κ1) is 9.70. The SMILES string of the molecule is OC1c2ccccc2Oc2cccc(Cl)c21. The van der Waals surface area contributed by atoms with Gasteiger partial charge in [-0.3, -0.25) is 0 Å². The lowest BCUT2D eigenvalue weighted by Gasteiger charge is -2.25. The van der Waals surface area contributed by atoms with Gasteiger partial charge in [0.25, 0.3) is 0 Å². The van der Waals surface area contributed by atoms with E-state index in [0.29, 0.717) is 22.1 Å². The third kappa shape index (κ3) is 1.31. The van der Waals surface area contributed by atoms with Gasteiger partial charge in [-0.2, -0.15) is 0 Å². The van der Waals surface area contributed by atoms with Crippen LogP contribution in [0.25, 0.3) is 0 Å². The standard InChI is InChI=1S/C13H9ClO2/c14-9-5-3-7-11-12(9)13(15)8-4-1-2-6-10(8)16-11/h1-7,13,15H. The van der Waals surface area contributed by atoms with Crippen molar-refractivity contribution in [3.63, 3.8) is 0 Å². The molecule has 0 fully saturated rings. The highest BCUT2D eigenvalue weighted by molar-refractivity contribution is 6.31. The van der Waals surface area contributed by atoms with Gasteiger partial charge >= 0.3 is 0 Å². The van der Waals surface area contributed by atoms with E-state index >= 15 is 0 Å². The topological polar surface area (TPSA) is 29.5 Å². The predicted octanol–water partition coefficient (Wildman–Crippen LogP) is 3.53. The monoisotopic (exact) mass is 232 g/mol. The number of ether oxygens (including phenoxy) is 1. The summed E-state index contributed by atoms with van der Waals surface area (Å²) in [6.45, 7) is 0. The second kappa shape index (κ2) is 3.51. The van der Waals surface area contributed by atoms with Crippen molar-refractivity contribution in [3.8, 4) is 11.5 Å². The maximum absolute atomic E-state index is 10.2. The van der Waals surface area contributed by atoms with E-state index in [0.717, 1.165) is 5.56 Å². The van der Waals surface area contributed by atoms with Crippen LogP contribution in [0.3, 0.4) is 0 Å². The summed E-state index contributed by atoms with van der Waals surface area (Å²) in [5.74, 6) is 1.31. The number of hydrogen-bond acceptors (Lipinski definition) is 2. The van der Waals surface area contributed by atoms with Gasteiger partial charge in [-0.15, -0.1) is 0 Å². The van der Waals surface area contributed by atoms with Gasteiger partial charge in [-0.05, 0) is 18.2 Å². The van der Waals surface area contributed by atoms with E-state index in [2.05, 4.69) is 0 Å². The fraction of sp³-hybridized carbons (Fsp3) is 0.0769. The summed E-state index contributed by atoms with van der Waals surface area (Å²) in [7, 11) is 0. The molecular formula is C13H9ClO2. The van der Waals surface area contributed by atoms with Gasteiger partial charge in [0.05, 0.1) is 5.02 Å². The number of rotatable bonds is 0. The second-order valence-electron chi connectivity index (χ2n) is 3.69. The molecule has 2 aromatic rings. The fourth-order valence-corrected chi connectivity index (χ4v) is 2.21. The molecule has 0 radical (unpaired) electrons. The van der Waals surface area contributed by atoms with Crippen LogP contribution in [0.5, 0.6) is 11.5 Å². The van der Waals surface area contributed by atoms with Gasteiger partial charge in [0, 0.05) is 11.1 Å². The third-order valence-corrected chi connectivity index (χ3v) is 3.05. The number of fused-ring (bicyclic) bond motifs is 2. The minimum Gasteiger partial charge on any atom is -0.457 e. The lowest BCUT2D eigenvalue weighted by Crippen LogP contribution is -2.09. The number of aliphatic hydroxyl groups is 1. The van der Waals surface area contributed by atoms with E-state index < -0.39 is 6.10 Å². The summed E-state index contributed by atoms with van der Waals surface area (Å²) in [6, 6.07) is 12.8. The first-order valence-electron chi connectivity index (χ1n) is 5.00. The van der Waals surface area contributed by atoms with Crippen molar-refractivity contribution in [1.29, 1.82) is 0 Å². The molecule has 3 rings (SSSR count). The van der Waals surface area contributed by atoms with Crippen LogP contribution in [0, 0.1) is 0 Å². The molecule has 16 heavy (non-hydrogen) atoms. The normalized spacial score (nSPS) is 17.2. The van der Waals surface area contributed by atoms with Gasteiger partial charge in [0.15, 0.2) is 0 Å². The molecule has 0 aromatic heterocycles. The third-order valence-electron chi connectivity index (χ3n) is 2.72. The van der Waals surface area contributed by atoms with Crippen LogP contribution in [0.15, 0.2) is 42.5 Å². The maximum atomic E-state index is 10.2. The predicted molar refractivity (Wildman–Crippen MR) is 62.0 cm³/mol. The molecule has 1 N–H and O–H groups in total. The maximum Gasteiger partial charge on any atom is 0.135 e. The molecule has 2 nitrogen and oxygen atoms in total.